The second-order valence-corrected chi connectivity index (χ2v) is 12.0. The molecule has 0 atom stereocenters. The molecule has 5 heterocycles. The molecule has 1 fully saturated rings. The number of hydrogen-bond acceptors (Lipinski definition) is 11. The van der Waals surface area contributed by atoms with E-state index in [1.54, 1.807) is 30.1 Å². The molecule has 5 rings (SSSR count). The zero-order valence-electron chi connectivity index (χ0n) is 23.6. The van der Waals surface area contributed by atoms with E-state index >= 15 is 0 Å². The summed E-state index contributed by atoms with van der Waals surface area (Å²) in [5.41, 5.74) is 2.20. The Morgan fingerprint density at radius 2 is 1.88 bits per heavy atom. The largest absolute Gasteiger partial charge is 0.480 e. The highest BCUT2D eigenvalue weighted by atomic mass is 32.2. The number of carbonyl (C=O) groups is 1. The van der Waals surface area contributed by atoms with Gasteiger partial charge in [-0.2, -0.15) is 5.10 Å². The Bertz CT molecular complexity index is 1670. The van der Waals surface area contributed by atoms with Crippen LogP contribution >= 0.6 is 0 Å². The number of aryl methyl sites for hydroxylation is 1. The van der Waals surface area contributed by atoms with E-state index in [-0.39, 0.29) is 17.3 Å². The van der Waals surface area contributed by atoms with Gasteiger partial charge in [0.2, 0.25) is 21.8 Å². The molecule has 0 saturated carbocycles. The van der Waals surface area contributed by atoms with Crippen molar-refractivity contribution >= 4 is 38.3 Å². The van der Waals surface area contributed by atoms with Crippen molar-refractivity contribution < 1.29 is 22.4 Å². The van der Waals surface area contributed by atoms with Crippen molar-refractivity contribution in [2.45, 2.75) is 26.4 Å². The van der Waals surface area contributed by atoms with Gasteiger partial charge in [-0.05, 0) is 26.0 Å². The lowest BCUT2D eigenvalue weighted by atomic mass is 10.1. The molecule has 1 amide bonds. The number of hydrogen-bond donors (Lipinski definition) is 2. The van der Waals surface area contributed by atoms with Gasteiger partial charge in [0, 0.05) is 51.0 Å². The Labute approximate surface area is 237 Å². The van der Waals surface area contributed by atoms with Crippen LogP contribution in [0.15, 0.2) is 35.2 Å². The van der Waals surface area contributed by atoms with Gasteiger partial charge >= 0.3 is 0 Å². The number of aromatic nitrogens is 5. The van der Waals surface area contributed by atoms with E-state index < -0.39 is 15.9 Å². The van der Waals surface area contributed by atoms with Crippen LogP contribution in [0, 0.1) is 0 Å². The Morgan fingerprint density at radius 3 is 2.56 bits per heavy atom. The van der Waals surface area contributed by atoms with Crippen LogP contribution in [0.1, 0.15) is 30.2 Å². The van der Waals surface area contributed by atoms with Crippen LogP contribution in [0.25, 0.3) is 22.3 Å². The van der Waals surface area contributed by atoms with E-state index in [0.717, 1.165) is 32.4 Å². The van der Waals surface area contributed by atoms with Crippen LogP contribution in [0.3, 0.4) is 0 Å². The Morgan fingerprint density at radius 1 is 1.12 bits per heavy atom. The lowest BCUT2D eigenvalue weighted by Gasteiger charge is -2.36. The topological polar surface area (TPSA) is 161 Å². The van der Waals surface area contributed by atoms with E-state index in [2.05, 4.69) is 53.7 Å². The number of pyridine rings is 2. The van der Waals surface area contributed by atoms with Crippen LogP contribution in [0.5, 0.6) is 5.88 Å². The third-order valence-electron chi connectivity index (χ3n) is 6.87. The summed E-state index contributed by atoms with van der Waals surface area (Å²) in [6.07, 6.45) is 5.51. The summed E-state index contributed by atoms with van der Waals surface area (Å²) in [5, 5.41) is 7.80. The molecule has 1 saturated heterocycles. The molecule has 0 aromatic carbocycles. The smallest absolute Gasteiger partial charge is 0.277 e. The highest BCUT2D eigenvalue weighted by Crippen LogP contribution is 2.32. The average Bonchev–Trinajstić information content (AvgIpc) is 3.55. The highest BCUT2D eigenvalue weighted by Gasteiger charge is 2.22. The number of sulfonamides is 1. The van der Waals surface area contributed by atoms with Gasteiger partial charge in [-0.25, -0.2) is 23.4 Å². The number of nitrogens with one attached hydrogen (secondary N) is 2. The number of anilines is 2. The Kier molecular flexibility index (Phi) is 7.93. The van der Waals surface area contributed by atoms with Gasteiger partial charge < -0.3 is 14.5 Å². The molecule has 1 aliphatic heterocycles. The maximum atomic E-state index is 13.2. The zero-order valence-corrected chi connectivity index (χ0v) is 24.4. The molecule has 0 unspecified atom stereocenters. The highest BCUT2D eigenvalue weighted by molar-refractivity contribution is 7.92. The number of fused-ring (bicyclic) bond motifs is 1. The van der Waals surface area contributed by atoms with Gasteiger partial charge in [0.05, 0.1) is 42.9 Å². The fourth-order valence-electron chi connectivity index (χ4n) is 4.70. The van der Waals surface area contributed by atoms with Crippen LogP contribution in [-0.2, 0) is 23.6 Å². The molecular formula is C26H33N9O5S. The predicted octanol–water partition coefficient (Wildman–Crippen LogP) is 2.18. The molecule has 4 aromatic heterocycles. The molecule has 0 radical (unpaired) electrons. The second kappa shape index (κ2) is 11.4. The maximum absolute atomic E-state index is 13.2. The van der Waals surface area contributed by atoms with Crippen molar-refractivity contribution in [2.24, 2.45) is 7.05 Å². The molecule has 0 bridgehead atoms. The molecule has 2 N–H and O–H groups in total. The van der Waals surface area contributed by atoms with Crippen molar-refractivity contribution in [3.63, 3.8) is 0 Å². The van der Waals surface area contributed by atoms with Crippen molar-refractivity contribution in [3.05, 3.63) is 42.4 Å². The second-order valence-electron chi connectivity index (χ2n) is 10.2. The summed E-state index contributed by atoms with van der Waals surface area (Å²) >= 11 is 0. The van der Waals surface area contributed by atoms with E-state index in [4.69, 9.17) is 9.15 Å². The molecule has 218 valence electrons. The summed E-state index contributed by atoms with van der Waals surface area (Å²) in [7, 11) is -0.463. The lowest BCUT2D eigenvalue weighted by molar-refractivity contribution is 0.0976. The van der Waals surface area contributed by atoms with Gasteiger partial charge in [0.25, 0.3) is 5.91 Å². The van der Waals surface area contributed by atoms with E-state index in [0.29, 0.717) is 46.5 Å². The van der Waals surface area contributed by atoms with Gasteiger partial charge in [-0.3, -0.25) is 24.0 Å². The number of nitrogens with zero attached hydrogens (tertiary/aromatic N) is 7. The van der Waals surface area contributed by atoms with Gasteiger partial charge in [0.15, 0.2) is 11.3 Å². The normalized spacial score (nSPS) is 15.0. The van der Waals surface area contributed by atoms with Crippen LogP contribution in [0.2, 0.25) is 0 Å². The predicted molar refractivity (Wildman–Crippen MR) is 153 cm³/mol. The number of piperazine rings is 1. The summed E-state index contributed by atoms with van der Waals surface area (Å²) in [5.74, 6) is 0.141. The lowest BCUT2D eigenvalue weighted by Crippen LogP contribution is -2.48. The first-order chi connectivity index (χ1) is 19.5. The Balaban J connectivity index is 1.38. The fourth-order valence-corrected chi connectivity index (χ4v) is 5.24. The summed E-state index contributed by atoms with van der Waals surface area (Å²) in [6.45, 7) is 8.69. The van der Waals surface area contributed by atoms with E-state index in [9.17, 15) is 13.2 Å². The molecule has 1 aliphatic rings. The first kappa shape index (κ1) is 28.4. The molecule has 15 heteroatoms. The average molecular weight is 584 g/mol. The number of oxazole rings is 1. The standard InChI is InChI=1S/C26H33N9O5S/c1-16(2)35-8-6-34(7-9-35)14-23-29-22(15-40-23)25(36)31-20-11-19(30-24-18(20)13-28-33(24)3)17-10-21(32-41(5,37)38)26(39-4)27-12-17/h10-13,15-16,32H,6-9,14H2,1-5H3,(H,30,31,36). The number of amides is 1. The van der Waals surface area contributed by atoms with Crippen LogP contribution < -0.4 is 14.8 Å². The van der Waals surface area contributed by atoms with Crippen molar-refractivity contribution in [2.75, 3.05) is 49.6 Å². The number of carbonyl (C=O) groups excluding carboxylic acids is 1. The minimum atomic E-state index is -3.59. The van der Waals surface area contributed by atoms with Gasteiger partial charge in [-0.1, -0.05) is 0 Å². The molecule has 4 aromatic rings. The fraction of sp³-hybridized carbons (Fsp3) is 0.423. The molecule has 0 aliphatic carbocycles. The molecular weight excluding hydrogens is 550 g/mol. The van der Waals surface area contributed by atoms with Crippen molar-refractivity contribution in [1.29, 1.82) is 0 Å². The third kappa shape index (κ3) is 6.47. The summed E-state index contributed by atoms with van der Waals surface area (Å²) in [4.78, 5) is 31.2. The molecule has 0 spiro atoms. The van der Waals surface area contributed by atoms with Crippen molar-refractivity contribution in [3.8, 4) is 17.1 Å². The number of methoxy groups -OCH3 is 1. The zero-order chi connectivity index (χ0) is 29.3. The van der Waals surface area contributed by atoms with Crippen LogP contribution in [-0.4, -0.2) is 94.4 Å². The van der Waals surface area contributed by atoms with Gasteiger partial charge in [0.1, 0.15) is 12.0 Å². The van der Waals surface area contributed by atoms with Crippen molar-refractivity contribution in [1.82, 2.24) is 34.5 Å². The third-order valence-corrected chi connectivity index (χ3v) is 7.46. The number of rotatable bonds is 9. The maximum Gasteiger partial charge on any atom is 0.277 e. The minimum absolute atomic E-state index is 0.109. The van der Waals surface area contributed by atoms with Crippen LogP contribution in [0.4, 0.5) is 11.4 Å². The monoisotopic (exact) mass is 583 g/mol. The summed E-state index contributed by atoms with van der Waals surface area (Å²) < 4.78 is 38.6. The first-order valence-electron chi connectivity index (χ1n) is 13.1. The quantitative estimate of drug-likeness (QED) is 0.297. The van der Waals surface area contributed by atoms with E-state index in [1.807, 2.05) is 0 Å². The Hall–Kier alpha value is -4.08. The molecule has 41 heavy (non-hydrogen) atoms. The first-order valence-corrected chi connectivity index (χ1v) is 15.0. The SMILES string of the molecule is COc1ncc(-c2cc(NC(=O)c3coc(CN4CCN(C(C)C)CC4)n3)c3cnn(C)c3n2)cc1NS(C)(=O)=O. The molecule has 14 nitrogen and oxygen atoms in total. The van der Waals surface area contributed by atoms with Gasteiger partial charge in [-0.15, -0.1) is 0 Å². The summed E-state index contributed by atoms with van der Waals surface area (Å²) in [6, 6.07) is 3.75. The number of ether oxygens (including phenoxy) is 1. The minimum Gasteiger partial charge on any atom is -0.480 e. The van der Waals surface area contributed by atoms with E-state index in [1.165, 1.54) is 19.6 Å².